The van der Waals surface area contributed by atoms with Gasteiger partial charge in [0, 0.05) is 18.7 Å². The molecular weight excluding hydrogens is 272 g/mol. The minimum atomic E-state index is -0.684. The summed E-state index contributed by atoms with van der Waals surface area (Å²) in [6.07, 6.45) is -0.911. The van der Waals surface area contributed by atoms with Crippen LogP contribution in [0.1, 0.15) is 26.3 Å². The second-order valence-corrected chi connectivity index (χ2v) is 5.74. The lowest BCUT2D eigenvalue weighted by Crippen LogP contribution is -2.28. The second kappa shape index (κ2) is 7.28. The number of aliphatic hydroxyl groups excluding tert-OH is 1. The SMILES string of the molecule is COc1ccc(NC(=O)OC(C)(C)C)c(CC(O)CN)c1. The molecule has 1 amide bonds. The predicted octanol–water partition coefficient (Wildman–Crippen LogP) is 1.90. The van der Waals surface area contributed by atoms with Crippen molar-refractivity contribution in [1.82, 2.24) is 0 Å². The van der Waals surface area contributed by atoms with Crippen LogP contribution in [0.15, 0.2) is 18.2 Å². The molecule has 21 heavy (non-hydrogen) atoms. The Morgan fingerprint density at radius 2 is 2.10 bits per heavy atom. The molecule has 1 aromatic rings. The summed E-state index contributed by atoms with van der Waals surface area (Å²) in [5.74, 6) is 0.643. The Kier molecular flexibility index (Phi) is 5.99. The molecule has 6 nitrogen and oxygen atoms in total. The van der Waals surface area contributed by atoms with Crippen LogP contribution < -0.4 is 15.8 Å². The number of anilines is 1. The van der Waals surface area contributed by atoms with E-state index in [0.717, 1.165) is 5.56 Å². The minimum Gasteiger partial charge on any atom is -0.497 e. The monoisotopic (exact) mass is 296 g/mol. The van der Waals surface area contributed by atoms with Gasteiger partial charge in [-0.1, -0.05) is 0 Å². The fourth-order valence-corrected chi connectivity index (χ4v) is 1.74. The normalized spacial score (nSPS) is 12.7. The van der Waals surface area contributed by atoms with Crippen LogP contribution in [0.25, 0.3) is 0 Å². The van der Waals surface area contributed by atoms with Crippen molar-refractivity contribution < 1.29 is 19.4 Å². The molecule has 1 aromatic carbocycles. The zero-order valence-corrected chi connectivity index (χ0v) is 13.0. The van der Waals surface area contributed by atoms with Gasteiger partial charge in [-0.2, -0.15) is 0 Å². The van der Waals surface area contributed by atoms with Crippen LogP contribution in [-0.4, -0.2) is 36.6 Å². The lowest BCUT2D eigenvalue weighted by atomic mass is 10.1. The van der Waals surface area contributed by atoms with Crippen molar-refractivity contribution in [3.63, 3.8) is 0 Å². The molecule has 1 rings (SSSR count). The van der Waals surface area contributed by atoms with Crippen LogP contribution >= 0.6 is 0 Å². The van der Waals surface area contributed by atoms with E-state index >= 15 is 0 Å². The Bertz CT molecular complexity index is 483. The number of nitrogens with one attached hydrogen (secondary N) is 1. The summed E-state index contributed by atoms with van der Waals surface area (Å²) in [6.45, 7) is 5.52. The van der Waals surface area contributed by atoms with E-state index in [1.54, 1.807) is 46.1 Å². The molecule has 0 radical (unpaired) electrons. The number of aliphatic hydroxyl groups is 1. The second-order valence-electron chi connectivity index (χ2n) is 5.74. The minimum absolute atomic E-state index is 0.142. The molecule has 0 aliphatic carbocycles. The maximum Gasteiger partial charge on any atom is 0.412 e. The Balaban J connectivity index is 2.91. The van der Waals surface area contributed by atoms with Crippen molar-refractivity contribution in [2.24, 2.45) is 5.73 Å². The molecule has 0 heterocycles. The Morgan fingerprint density at radius 3 is 2.62 bits per heavy atom. The molecule has 0 aliphatic rings. The van der Waals surface area contributed by atoms with Gasteiger partial charge in [0.15, 0.2) is 0 Å². The first-order valence-electron chi connectivity index (χ1n) is 6.80. The van der Waals surface area contributed by atoms with Crippen LogP contribution in [0.4, 0.5) is 10.5 Å². The summed E-state index contributed by atoms with van der Waals surface area (Å²) < 4.78 is 10.4. The number of nitrogens with two attached hydrogens (primary N) is 1. The number of carbonyl (C=O) groups excluding carboxylic acids is 1. The van der Waals surface area contributed by atoms with Crippen molar-refractivity contribution >= 4 is 11.8 Å². The van der Waals surface area contributed by atoms with Gasteiger partial charge in [0.05, 0.1) is 13.2 Å². The number of hydrogen-bond acceptors (Lipinski definition) is 5. The third-order valence-corrected chi connectivity index (χ3v) is 2.68. The number of benzene rings is 1. The molecule has 1 unspecified atom stereocenters. The Hall–Kier alpha value is -1.79. The van der Waals surface area contributed by atoms with Crippen LogP contribution in [0, 0.1) is 0 Å². The number of amides is 1. The largest absolute Gasteiger partial charge is 0.497 e. The highest BCUT2D eigenvalue weighted by Crippen LogP contribution is 2.24. The molecule has 0 aliphatic heterocycles. The van der Waals surface area contributed by atoms with Crippen molar-refractivity contribution in [2.45, 2.75) is 38.9 Å². The highest BCUT2D eigenvalue weighted by atomic mass is 16.6. The van der Waals surface area contributed by atoms with Crippen LogP contribution in [0.2, 0.25) is 0 Å². The average Bonchev–Trinajstić information content (AvgIpc) is 2.38. The molecule has 0 aromatic heterocycles. The molecule has 0 spiro atoms. The maximum absolute atomic E-state index is 11.8. The standard InChI is InChI=1S/C15H24N2O4/c1-15(2,3)21-14(19)17-13-6-5-12(20-4)8-10(13)7-11(18)9-16/h5-6,8,11,18H,7,9,16H2,1-4H3,(H,17,19). The van der Waals surface area contributed by atoms with E-state index in [2.05, 4.69) is 5.32 Å². The zero-order valence-electron chi connectivity index (χ0n) is 13.0. The first kappa shape index (κ1) is 17.3. The molecule has 6 heteroatoms. The van der Waals surface area contributed by atoms with E-state index in [4.69, 9.17) is 15.2 Å². The number of ether oxygens (including phenoxy) is 2. The van der Waals surface area contributed by atoms with Gasteiger partial charge in [-0.15, -0.1) is 0 Å². The predicted molar refractivity (Wildman–Crippen MR) is 81.6 cm³/mol. The van der Waals surface area contributed by atoms with Gasteiger partial charge in [-0.05, 0) is 44.5 Å². The number of methoxy groups -OCH3 is 1. The fraction of sp³-hybridized carbons (Fsp3) is 0.533. The molecule has 0 bridgehead atoms. The lowest BCUT2D eigenvalue weighted by molar-refractivity contribution is 0.0635. The van der Waals surface area contributed by atoms with Gasteiger partial charge in [-0.3, -0.25) is 5.32 Å². The third kappa shape index (κ3) is 6.01. The Labute approximate surface area is 125 Å². The topological polar surface area (TPSA) is 93.8 Å². The summed E-state index contributed by atoms with van der Waals surface area (Å²) in [6, 6.07) is 5.19. The van der Waals surface area contributed by atoms with E-state index in [9.17, 15) is 9.90 Å². The van der Waals surface area contributed by atoms with E-state index in [1.807, 2.05) is 0 Å². The molecule has 4 N–H and O–H groups in total. The van der Waals surface area contributed by atoms with E-state index in [1.165, 1.54) is 0 Å². The van der Waals surface area contributed by atoms with Gasteiger partial charge < -0.3 is 20.3 Å². The molecular formula is C15H24N2O4. The molecule has 0 saturated carbocycles. The summed E-state index contributed by atoms with van der Waals surface area (Å²) in [5, 5.41) is 12.4. The molecule has 1 atom stereocenters. The van der Waals surface area contributed by atoms with Crippen molar-refractivity contribution in [1.29, 1.82) is 0 Å². The molecule has 118 valence electrons. The number of carbonyl (C=O) groups is 1. The summed E-state index contributed by atoms with van der Waals surface area (Å²) in [7, 11) is 1.56. The summed E-state index contributed by atoms with van der Waals surface area (Å²) in [4.78, 5) is 11.8. The van der Waals surface area contributed by atoms with E-state index in [0.29, 0.717) is 17.9 Å². The van der Waals surface area contributed by atoms with E-state index < -0.39 is 17.8 Å². The first-order chi connectivity index (χ1) is 9.75. The molecule has 0 saturated heterocycles. The van der Waals surface area contributed by atoms with Gasteiger partial charge in [0.2, 0.25) is 0 Å². The maximum atomic E-state index is 11.8. The van der Waals surface area contributed by atoms with Crippen molar-refractivity contribution in [2.75, 3.05) is 19.0 Å². The fourth-order valence-electron chi connectivity index (χ4n) is 1.74. The Morgan fingerprint density at radius 1 is 1.43 bits per heavy atom. The van der Waals surface area contributed by atoms with Crippen molar-refractivity contribution in [3.8, 4) is 5.75 Å². The smallest absolute Gasteiger partial charge is 0.412 e. The van der Waals surface area contributed by atoms with Crippen LogP contribution in [0.3, 0.4) is 0 Å². The number of rotatable bonds is 5. The zero-order chi connectivity index (χ0) is 16.0. The average molecular weight is 296 g/mol. The van der Waals surface area contributed by atoms with Gasteiger partial charge in [0.1, 0.15) is 11.4 Å². The quantitative estimate of drug-likeness (QED) is 0.771. The molecule has 0 fully saturated rings. The highest BCUT2D eigenvalue weighted by molar-refractivity contribution is 5.86. The highest BCUT2D eigenvalue weighted by Gasteiger charge is 2.18. The van der Waals surface area contributed by atoms with Crippen LogP contribution in [-0.2, 0) is 11.2 Å². The van der Waals surface area contributed by atoms with Gasteiger partial charge in [-0.25, -0.2) is 4.79 Å². The van der Waals surface area contributed by atoms with Gasteiger partial charge >= 0.3 is 6.09 Å². The lowest BCUT2D eigenvalue weighted by Gasteiger charge is -2.21. The van der Waals surface area contributed by atoms with E-state index in [-0.39, 0.29) is 6.54 Å². The summed E-state index contributed by atoms with van der Waals surface area (Å²) in [5.41, 5.74) is 6.16. The number of hydrogen-bond donors (Lipinski definition) is 3. The van der Waals surface area contributed by atoms with Gasteiger partial charge in [0.25, 0.3) is 0 Å². The summed E-state index contributed by atoms with van der Waals surface area (Å²) >= 11 is 0. The van der Waals surface area contributed by atoms with Crippen molar-refractivity contribution in [3.05, 3.63) is 23.8 Å². The van der Waals surface area contributed by atoms with Crippen LogP contribution in [0.5, 0.6) is 5.75 Å². The third-order valence-electron chi connectivity index (χ3n) is 2.68. The first-order valence-corrected chi connectivity index (χ1v) is 6.80.